The van der Waals surface area contributed by atoms with Gasteiger partial charge in [0.2, 0.25) is 0 Å². The van der Waals surface area contributed by atoms with Gasteiger partial charge in [-0.3, -0.25) is 4.90 Å². The summed E-state index contributed by atoms with van der Waals surface area (Å²) in [6, 6.07) is 2.81. The smallest absolute Gasteiger partial charge is 0.0482 e. The van der Waals surface area contributed by atoms with Crippen LogP contribution in [0.2, 0.25) is 0 Å². The zero-order valence-electron chi connectivity index (χ0n) is 9.66. The Labute approximate surface area is 110 Å². The number of hydrogen-bond donors (Lipinski definition) is 1. The first kappa shape index (κ1) is 12.6. The van der Waals surface area contributed by atoms with Crippen LogP contribution in [0.5, 0.6) is 0 Å². The maximum atomic E-state index is 5.89. The lowest BCUT2D eigenvalue weighted by Gasteiger charge is -2.26. The van der Waals surface area contributed by atoms with Crippen LogP contribution in [0.1, 0.15) is 30.7 Å². The summed E-state index contributed by atoms with van der Waals surface area (Å²) in [6.07, 6.45) is 2.47. The van der Waals surface area contributed by atoms with Gasteiger partial charge in [-0.25, -0.2) is 0 Å². The molecule has 0 radical (unpaired) electrons. The average molecular weight is 303 g/mol. The molecule has 1 fully saturated rings. The molecule has 1 aliphatic heterocycles. The molecule has 2 heterocycles. The summed E-state index contributed by atoms with van der Waals surface area (Å²) in [5.74, 6) is 0.636. The third-order valence-corrected chi connectivity index (χ3v) is 5.08. The summed E-state index contributed by atoms with van der Waals surface area (Å²) < 4.78 is 1.20. The second-order valence-corrected chi connectivity index (χ2v) is 6.29. The third-order valence-electron chi connectivity index (χ3n) is 3.32. The van der Waals surface area contributed by atoms with Gasteiger partial charge in [-0.15, -0.1) is 11.3 Å². The first-order valence-electron chi connectivity index (χ1n) is 5.94. The molecule has 0 aromatic carbocycles. The van der Waals surface area contributed by atoms with Gasteiger partial charge in [0, 0.05) is 20.8 Å². The highest BCUT2D eigenvalue weighted by Gasteiger charge is 2.34. The second kappa shape index (κ2) is 5.63. The molecule has 2 unspecified atom stereocenters. The van der Waals surface area contributed by atoms with E-state index in [-0.39, 0.29) is 0 Å². The van der Waals surface area contributed by atoms with Crippen LogP contribution in [0.25, 0.3) is 0 Å². The van der Waals surface area contributed by atoms with Crippen molar-refractivity contribution in [3.05, 3.63) is 20.8 Å². The van der Waals surface area contributed by atoms with Crippen LogP contribution in [0.4, 0.5) is 0 Å². The van der Waals surface area contributed by atoms with E-state index in [2.05, 4.69) is 39.2 Å². The van der Waals surface area contributed by atoms with Crippen molar-refractivity contribution in [3.63, 3.8) is 0 Å². The van der Waals surface area contributed by atoms with E-state index in [1.54, 1.807) is 0 Å². The van der Waals surface area contributed by atoms with Gasteiger partial charge in [-0.2, -0.15) is 0 Å². The van der Waals surface area contributed by atoms with E-state index in [9.17, 15) is 0 Å². The van der Waals surface area contributed by atoms with E-state index in [4.69, 9.17) is 5.73 Å². The first-order chi connectivity index (χ1) is 7.76. The average Bonchev–Trinajstić information content (AvgIpc) is 2.85. The Bertz CT molecular complexity index is 340. The van der Waals surface area contributed by atoms with Gasteiger partial charge in [0.1, 0.15) is 0 Å². The van der Waals surface area contributed by atoms with Crippen molar-refractivity contribution in [1.82, 2.24) is 4.90 Å². The molecule has 1 aromatic rings. The molecule has 1 aliphatic rings. The molecule has 0 saturated carbocycles. The molecule has 16 heavy (non-hydrogen) atoms. The van der Waals surface area contributed by atoms with E-state index in [0.717, 1.165) is 6.54 Å². The summed E-state index contributed by atoms with van der Waals surface area (Å²) in [6.45, 7) is 5.45. The predicted molar refractivity (Wildman–Crippen MR) is 73.8 cm³/mol. The molecule has 2 atom stereocenters. The lowest BCUT2D eigenvalue weighted by Crippen LogP contribution is -2.28. The van der Waals surface area contributed by atoms with Crippen molar-refractivity contribution in [2.75, 3.05) is 19.6 Å². The number of rotatable bonds is 4. The Morgan fingerprint density at radius 3 is 3.00 bits per heavy atom. The molecule has 2 nitrogen and oxygen atoms in total. The number of hydrogen-bond acceptors (Lipinski definition) is 3. The molecule has 2 rings (SSSR count). The fraction of sp³-hybridized carbons (Fsp3) is 0.667. The first-order valence-corrected chi connectivity index (χ1v) is 7.61. The molecular formula is C12H19BrN2S. The van der Waals surface area contributed by atoms with Gasteiger partial charge in [-0.05, 0) is 60.4 Å². The van der Waals surface area contributed by atoms with Gasteiger partial charge < -0.3 is 5.73 Å². The van der Waals surface area contributed by atoms with Crippen LogP contribution in [-0.2, 0) is 0 Å². The predicted octanol–water partition coefficient (Wildman–Crippen LogP) is 3.24. The van der Waals surface area contributed by atoms with E-state index in [1.807, 2.05) is 11.3 Å². The summed E-state index contributed by atoms with van der Waals surface area (Å²) in [7, 11) is 0. The Morgan fingerprint density at radius 1 is 1.62 bits per heavy atom. The summed E-state index contributed by atoms with van der Waals surface area (Å²) in [5, 5.41) is 2.17. The normalized spacial score (nSPS) is 26.4. The van der Waals surface area contributed by atoms with Crippen molar-refractivity contribution < 1.29 is 0 Å². The minimum atomic E-state index is 0.557. The topological polar surface area (TPSA) is 29.3 Å². The minimum absolute atomic E-state index is 0.557. The van der Waals surface area contributed by atoms with Crippen molar-refractivity contribution in [2.24, 2.45) is 11.7 Å². The maximum Gasteiger partial charge on any atom is 0.0482 e. The third kappa shape index (κ3) is 2.50. The molecule has 2 N–H and O–H groups in total. The number of nitrogens with two attached hydrogens (primary N) is 1. The van der Waals surface area contributed by atoms with Gasteiger partial charge in [0.05, 0.1) is 0 Å². The molecule has 1 saturated heterocycles. The molecule has 0 amide bonds. The molecule has 0 aliphatic carbocycles. The van der Waals surface area contributed by atoms with Crippen molar-refractivity contribution in [3.8, 4) is 0 Å². The highest BCUT2D eigenvalue weighted by atomic mass is 79.9. The van der Waals surface area contributed by atoms with Crippen molar-refractivity contribution in [1.29, 1.82) is 0 Å². The number of nitrogens with zero attached hydrogens (tertiary/aromatic N) is 1. The van der Waals surface area contributed by atoms with Gasteiger partial charge in [0.25, 0.3) is 0 Å². The minimum Gasteiger partial charge on any atom is -0.330 e. The summed E-state index contributed by atoms with van der Waals surface area (Å²) in [5.41, 5.74) is 5.89. The number of likely N-dealkylation sites (tertiary alicyclic amines) is 1. The Balaban J connectivity index is 2.18. The standard InChI is InChI=1S/C12H19BrN2S/c1-2-4-15-5-3-9(7-14)12(15)11-6-10(13)8-16-11/h6,8-9,12H,2-5,7,14H2,1H3. The monoisotopic (exact) mass is 302 g/mol. The zero-order valence-corrected chi connectivity index (χ0v) is 12.1. The highest BCUT2D eigenvalue weighted by molar-refractivity contribution is 9.10. The van der Waals surface area contributed by atoms with Gasteiger partial charge >= 0.3 is 0 Å². The largest absolute Gasteiger partial charge is 0.330 e. The van der Waals surface area contributed by atoms with E-state index in [1.165, 1.54) is 35.3 Å². The molecule has 90 valence electrons. The Morgan fingerprint density at radius 2 is 2.44 bits per heavy atom. The molecule has 0 bridgehead atoms. The van der Waals surface area contributed by atoms with E-state index < -0.39 is 0 Å². The Kier molecular flexibility index (Phi) is 4.41. The SMILES string of the molecule is CCCN1CCC(CN)C1c1cc(Br)cs1. The molecule has 1 aromatic heterocycles. The van der Waals surface area contributed by atoms with E-state index >= 15 is 0 Å². The quantitative estimate of drug-likeness (QED) is 0.925. The van der Waals surface area contributed by atoms with Crippen LogP contribution in [-0.4, -0.2) is 24.5 Å². The zero-order chi connectivity index (χ0) is 11.5. The van der Waals surface area contributed by atoms with E-state index in [0.29, 0.717) is 12.0 Å². The van der Waals surface area contributed by atoms with Gasteiger partial charge in [-0.1, -0.05) is 6.92 Å². The molecule has 4 heteroatoms. The van der Waals surface area contributed by atoms with Crippen LogP contribution in [0.15, 0.2) is 15.9 Å². The fourth-order valence-electron chi connectivity index (χ4n) is 2.61. The molecule has 0 spiro atoms. The number of thiophene rings is 1. The second-order valence-electron chi connectivity index (χ2n) is 4.43. The maximum absolute atomic E-state index is 5.89. The summed E-state index contributed by atoms with van der Waals surface area (Å²) in [4.78, 5) is 4.06. The summed E-state index contributed by atoms with van der Waals surface area (Å²) >= 11 is 5.39. The number of halogens is 1. The lowest BCUT2D eigenvalue weighted by atomic mass is 9.99. The van der Waals surface area contributed by atoms with Crippen LogP contribution in [0.3, 0.4) is 0 Å². The fourth-order valence-corrected chi connectivity index (χ4v) is 4.28. The lowest BCUT2D eigenvalue weighted by molar-refractivity contribution is 0.234. The molecular weight excluding hydrogens is 284 g/mol. The van der Waals surface area contributed by atoms with Crippen molar-refractivity contribution >= 4 is 27.3 Å². The highest BCUT2D eigenvalue weighted by Crippen LogP contribution is 2.40. The van der Waals surface area contributed by atoms with Crippen LogP contribution >= 0.6 is 27.3 Å². The Hall–Kier alpha value is 0.1000. The van der Waals surface area contributed by atoms with Gasteiger partial charge in [0.15, 0.2) is 0 Å². The van der Waals surface area contributed by atoms with Crippen LogP contribution < -0.4 is 5.73 Å². The van der Waals surface area contributed by atoms with Crippen LogP contribution in [0, 0.1) is 5.92 Å². The van der Waals surface area contributed by atoms with Crippen molar-refractivity contribution in [2.45, 2.75) is 25.8 Å².